The van der Waals surface area contributed by atoms with Crippen LogP contribution in [-0.4, -0.2) is 10.9 Å². The normalized spacial score (nSPS) is 10.5. The Bertz CT molecular complexity index is 1070. The predicted molar refractivity (Wildman–Crippen MR) is 110 cm³/mol. The van der Waals surface area contributed by atoms with E-state index in [0.29, 0.717) is 12.1 Å². The molecule has 0 saturated carbocycles. The average molecular weight is 353 g/mol. The van der Waals surface area contributed by atoms with E-state index in [1.165, 1.54) is 0 Å². The Balaban J connectivity index is 1.47. The molecule has 0 radical (unpaired) electrons. The summed E-state index contributed by atoms with van der Waals surface area (Å²) in [7, 11) is 0. The zero-order valence-electron chi connectivity index (χ0n) is 14.7. The average Bonchev–Trinajstić information content (AvgIpc) is 2.73. The topological polar surface area (TPSA) is 54.0 Å². The van der Waals surface area contributed by atoms with Crippen molar-refractivity contribution >= 4 is 28.2 Å². The first kappa shape index (κ1) is 16.8. The van der Waals surface area contributed by atoms with Gasteiger partial charge in [0.2, 0.25) is 0 Å². The van der Waals surface area contributed by atoms with Crippen LogP contribution in [0.25, 0.3) is 10.8 Å². The van der Waals surface area contributed by atoms with E-state index in [1.54, 1.807) is 18.3 Å². The third-order valence-corrected chi connectivity index (χ3v) is 4.35. The summed E-state index contributed by atoms with van der Waals surface area (Å²) in [5.41, 5.74) is 2.48. The van der Waals surface area contributed by atoms with Crippen molar-refractivity contribution in [2.24, 2.45) is 0 Å². The maximum Gasteiger partial charge on any atom is 0.255 e. The number of anilines is 2. The second-order valence-corrected chi connectivity index (χ2v) is 6.25. The number of nitrogens with one attached hydrogen (secondary N) is 2. The minimum absolute atomic E-state index is 0.114. The molecular weight excluding hydrogens is 334 g/mol. The Morgan fingerprint density at radius 2 is 1.67 bits per heavy atom. The quantitative estimate of drug-likeness (QED) is 0.525. The molecule has 0 fully saturated rings. The Morgan fingerprint density at radius 1 is 0.852 bits per heavy atom. The molecule has 0 aliphatic heterocycles. The Kier molecular flexibility index (Phi) is 4.79. The van der Waals surface area contributed by atoms with Gasteiger partial charge in [-0.05, 0) is 41.3 Å². The molecule has 4 heteroatoms. The largest absolute Gasteiger partial charge is 0.365 e. The molecule has 3 aromatic carbocycles. The maximum absolute atomic E-state index is 12.3. The summed E-state index contributed by atoms with van der Waals surface area (Å²) >= 11 is 0. The smallest absolute Gasteiger partial charge is 0.255 e. The predicted octanol–water partition coefficient (Wildman–Crippen LogP) is 5.10. The lowest BCUT2D eigenvalue weighted by Crippen LogP contribution is -2.12. The number of hydrogen-bond acceptors (Lipinski definition) is 3. The zero-order chi connectivity index (χ0) is 18.5. The van der Waals surface area contributed by atoms with E-state index in [1.807, 2.05) is 60.7 Å². The van der Waals surface area contributed by atoms with Crippen LogP contribution in [0.1, 0.15) is 15.9 Å². The fourth-order valence-electron chi connectivity index (χ4n) is 3.00. The fourth-order valence-corrected chi connectivity index (χ4v) is 3.00. The molecule has 0 bridgehead atoms. The first-order chi connectivity index (χ1) is 13.3. The van der Waals surface area contributed by atoms with Crippen LogP contribution in [0.3, 0.4) is 0 Å². The number of fused-ring (bicyclic) bond motifs is 1. The van der Waals surface area contributed by atoms with Gasteiger partial charge in [0.15, 0.2) is 0 Å². The number of carbonyl (C=O) groups is 1. The van der Waals surface area contributed by atoms with E-state index in [0.717, 1.165) is 27.8 Å². The molecule has 4 rings (SSSR count). The highest BCUT2D eigenvalue weighted by molar-refractivity contribution is 6.04. The van der Waals surface area contributed by atoms with E-state index in [9.17, 15) is 4.79 Å². The van der Waals surface area contributed by atoms with Gasteiger partial charge in [0.1, 0.15) is 5.82 Å². The van der Waals surface area contributed by atoms with Crippen molar-refractivity contribution in [3.05, 3.63) is 102 Å². The van der Waals surface area contributed by atoms with E-state index in [-0.39, 0.29) is 5.91 Å². The van der Waals surface area contributed by atoms with E-state index < -0.39 is 0 Å². The van der Waals surface area contributed by atoms with Gasteiger partial charge < -0.3 is 10.6 Å². The maximum atomic E-state index is 12.3. The zero-order valence-corrected chi connectivity index (χ0v) is 14.7. The van der Waals surface area contributed by atoms with Crippen molar-refractivity contribution in [2.45, 2.75) is 6.54 Å². The van der Waals surface area contributed by atoms with Gasteiger partial charge in [-0.2, -0.15) is 0 Å². The molecule has 0 aliphatic carbocycles. The molecule has 0 atom stereocenters. The van der Waals surface area contributed by atoms with Crippen LogP contribution < -0.4 is 10.6 Å². The lowest BCUT2D eigenvalue weighted by molar-refractivity contribution is 0.102. The fraction of sp³-hybridized carbons (Fsp3) is 0.0435. The number of nitrogens with zero attached hydrogens (tertiary/aromatic N) is 1. The van der Waals surface area contributed by atoms with E-state index in [4.69, 9.17) is 0 Å². The number of amides is 1. The molecule has 27 heavy (non-hydrogen) atoms. The molecule has 4 aromatic rings. The van der Waals surface area contributed by atoms with Gasteiger partial charge in [-0.3, -0.25) is 4.79 Å². The summed E-state index contributed by atoms with van der Waals surface area (Å²) in [6.45, 7) is 0.621. The first-order valence-electron chi connectivity index (χ1n) is 8.82. The molecular formula is C23H19N3O. The standard InChI is InChI=1S/C23H19N3O/c27-23(19-9-2-1-3-10-19)26-20-11-6-7-17(15-20)16-25-22-21-12-5-4-8-18(21)13-14-24-22/h1-15H,16H2,(H,24,25)(H,26,27). The molecule has 0 aliphatic rings. The van der Waals surface area contributed by atoms with Crippen LogP contribution in [0.15, 0.2) is 91.1 Å². The van der Waals surface area contributed by atoms with Crippen molar-refractivity contribution in [3.63, 3.8) is 0 Å². The Hall–Kier alpha value is -3.66. The number of hydrogen-bond donors (Lipinski definition) is 2. The minimum Gasteiger partial charge on any atom is -0.365 e. The lowest BCUT2D eigenvalue weighted by atomic mass is 10.1. The molecule has 2 N–H and O–H groups in total. The van der Waals surface area contributed by atoms with Crippen LogP contribution in [0.5, 0.6) is 0 Å². The monoisotopic (exact) mass is 353 g/mol. The van der Waals surface area contributed by atoms with Crippen molar-refractivity contribution in [1.29, 1.82) is 0 Å². The summed E-state index contributed by atoms with van der Waals surface area (Å²) in [6, 6.07) is 27.2. The number of rotatable bonds is 5. The van der Waals surface area contributed by atoms with Crippen molar-refractivity contribution < 1.29 is 4.79 Å². The van der Waals surface area contributed by atoms with Crippen molar-refractivity contribution in [2.75, 3.05) is 10.6 Å². The molecule has 4 nitrogen and oxygen atoms in total. The lowest BCUT2D eigenvalue weighted by Gasteiger charge is -2.10. The van der Waals surface area contributed by atoms with Gasteiger partial charge in [-0.25, -0.2) is 4.98 Å². The highest BCUT2D eigenvalue weighted by Gasteiger charge is 2.06. The van der Waals surface area contributed by atoms with Gasteiger partial charge in [0.05, 0.1) is 0 Å². The Morgan fingerprint density at radius 3 is 2.56 bits per heavy atom. The minimum atomic E-state index is -0.114. The van der Waals surface area contributed by atoms with E-state index >= 15 is 0 Å². The van der Waals surface area contributed by atoms with E-state index in [2.05, 4.69) is 27.8 Å². The van der Waals surface area contributed by atoms with Gasteiger partial charge in [-0.1, -0.05) is 54.6 Å². The second kappa shape index (κ2) is 7.70. The molecule has 0 unspecified atom stereocenters. The first-order valence-corrected chi connectivity index (χ1v) is 8.82. The SMILES string of the molecule is O=C(Nc1cccc(CNc2nccc3ccccc23)c1)c1ccccc1. The number of benzene rings is 3. The van der Waals surface area contributed by atoms with Crippen LogP contribution in [0, 0.1) is 0 Å². The second-order valence-electron chi connectivity index (χ2n) is 6.25. The van der Waals surface area contributed by atoms with Crippen molar-refractivity contribution in [1.82, 2.24) is 4.98 Å². The highest BCUT2D eigenvalue weighted by atomic mass is 16.1. The molecule has 0 spiro atoms. The number of aromatic nitrogens is 1. The molecule has 1 aromatic heterocycles. The molecule has 132 valence electrons. The van der Waals surface area contributed by atoms with Gasteiger partial charge >= 0.3 is 0 Å². The number of pyridine rings is 1. The highest BCUT2D eigenvalue weighted by Crippen LogP contribution is 2.21. The summed E-state index contributed by atoms with van der Waals surface area (Å²) in [4.78, 5) is 16.8. The molecule has 1 heterocycles. The van der Waals surface area contributed by atoms with Crippen LogP contribution >= 0.6 is 0 Å². The summed E-state index contributed by atoms with van der Waals surface area (Å²) in [6.07, 6.45) is 1.81. The summed E-state index contributed by atoms with van der Waals surface area (Å²) < 4.78 is 0. The van der Waals surface area contributed by atoms with Crippen LogP contribution in [0.2, 0.25) is 0 Å². The third kappa shape index (κ3) is 3.96. The van der Waals surface area contributed by atoms with Crippen molar-refractivity contribution in [3.8, 4) is 0 Å². The van der Waals surface area contributed by atoms with Gasteiger partial charge in [0.25, 0.3) is 5.91 Å². The van der Waals surface area contributed by atoms with Crippen LogP contribution in [0.4, 0.5) is 11.5 Å². The van der Waals surface area contributed by atoms with Crippen LogP contribution in [-0.2, 0) is 6.54 Å². The Labute approximate surface area is 157 Å². The summed E-state index contributed by atoms with van der Waals surface area (Å²) in [5, 5.41) is 8.58. The third-order valence-electron chi connectivity index (χ3n) is 4.35. The molecule has 1 amide bonds. The number of carbonyl (C=O) groups excluding carboxylic acids is 1. The van der Waals surface area contributed by atoms with Gasteiger partial charge in [0, 0.05) is 29.4 Å². The molecule has 0 saturated heterocycles. The summed E-state index contributed by atoms with van der Waals surface area (Å²) in [5.74, 6) is 0.739. The van der Waals surface area contributed by atoms with Gasteiger partial charge in [-0.15, -0.1) is 0 Å².